The van der Waals surface area contributed by atoms with E-state index in [-0.39, 0.29) is 5.91 Å². The van der Waals surface area contributed by atoms with Crippen molar-refractivity contribution >= 4 is 5.91 Å². The van der Waals surface area contributed by atoms with E-state index in [2.05, 4.69) is 5.32 Å². The molecule has 0 aliphatic rings. The number of amides is 1. The van der Waals surface area contributed by atoms with Gasteiger partial charge in [-0.05, 0) is 55.3 Å². The molecule has 2 aromatic rings. The van der Waals surface area contributed by atoms with Gasteiger partial charge in [-0.25, -0.2) is 0 Å². The van der Waals surface area contributed by atoms with Gasteiger partial charge in [0.05, 0.1) is 14.2 Å². The van der Waals surface area contributed by atoms with Crippen LogP contribution in [0.1, 0.15) is 27.0 Å². The third-order valence-electron chi connectivity index (χ3n) is 3.69. The molecule has 0 unspecified atom stereocenters. The molecule has 4 heteroatoms. The predicted octanol–water partition coefficient (Wildman–Crippen LogP) is 3.25. The maximum atomic E-state index is 12.2. The van der Waals surface area contributed by atoms with Crippen molar-refractivity contribution in [3.63, 3.8) is 0 Å². The van der Waals surface area contributed by atoms with E-state index in [0.717, 1.165) is 17.1 Å². The number of methoxy groups -OCH3 is 2. The summed E-state index contributed by atoms with van der Waals surface area (Å²) in [4.78, 5) is 12.2. The molecule has 0 aliphatic carbocycles. The summed E-state index contributed by atoms with van der Waals surface area (Å²) in [6.07, 6.45) is 0. The van der Waals surface area contributed by atoms with E-state index >= 15 is 0 Å². The highest BCUT2D eigenvalue weighted by molar-refractivity contribution is 5.94. The molecule has 1 amide bonds. The summed E-state index contributed by atoms with van der Waals surface area (Å²) in [6, 6.07) is 11.1. The van der Waals surface area contributed by atoms with Crippen molar-refractivity contribution in [3.05, 3.63) is 58.7 Å². The molecule has 0 heterocycles. The van der Waals surface area contributed by atoms with Crippen LogP contribution in [0.3, 0.4) is 0 Å². The van der Waals surface area contributed by atoms with Crippen LogP contribution in [0.25, 0.3) is 0 Å². The summed E-state index contributed by atoms with van der Waals surface area (Å²) in [5.74, 6) is 1.40. The SMILES string of the molecule is COc1ccc(C(=O)NCc2cc(C)c(C)cc2OC)cc1. The Morgan fingerprint density at radius 2 is 1.64 bits per heavy atom. The van der Waals surface area contributed by atoms with Gasteiger partial charge in [0.1, 0.15) is 11.5 Å². The first-order valence-corrected chi connectivity index (χ1v) is 7.11. The van der Waals surface area contributed by atoms with Gasteiger partial charge in [-0.3, -0.25) is 4.79 Å². The van der Waals surface area contributed by atoms with Gasteiger partial charge < -0.3 is 14.8 Å². The first-order valence-electron chi connectivity index (χ1n) is 7.11. The summed E-state index contributed by atoms with van der Waals surface area (Å²) in [5, 5.41) is 2.91. The van der Waals surface area contributed by atoms with E-state index in [0.29, 0.717) is 12.1 Å². The van der Waals surface area contributed by atoms with Gasteiger partial charge in [-0.15, -0.1) is 0 Å². The number of carbonyl (C=O) groups is 1. The second-order valence-electron chi connectivity index (χ2n) is 5.16. The molecule has 116 valence electrons. The maximum absolute atomic E-state index is 12.2. The lowest BCUT2D eigenvalue weighted by Gasteiger charge is -2.13. The Morgan fingerprint density at radius 1 is 1.00 bits per heavy atom. The van der Waals surface area contributed by atoms with Gasteiger partial charge in [0.2, 0.25) is 0 Å². The standard InChI is InChI=1S/C18H21NO3/c1-12-9-15(17(22-4)10-13(12)2)11-19-18(20)14-5-7-16(21-3)8-6-14/h5-10H,11H2,1-4H3,(H,19,20). The molecule has 0 aliphatic heterocycles. The zero-order chi connectivity index (χ0) is 16.1. The van der Waals surface area contributed by atoms with Gasteiger partial charge >= 0.3 is 0 Å². The van der Waals surface area contributed by atoms with E-state index in [1.54, 1.807) is 38.5 Å². The van der Waals surface area contributed by atoms with Crippen molar-refractivity contribution in [2.75, 3.05) is 14.2 Å². The number of aryl methyl sites for hydroxylation is 2. The Morgan fingerprint density at radius 3 is 2.23 bits per heavy atom. The smallest absolute Gasteiger partial charge is 0.251 e. The lowest BCUT2D eigenvalue weighted by atomic mass is 10.0. The molecule has 2 rings (SSSR count). The lowest BCUT2D eigenvalue weighted by Crippen LogP contribution is -2.23. The third-order valence-corrected chi connectivity index (χ3v) is 3.69. The number of rotatable bonds is 5. The summed E-state index contributed by atoms with van der Waals surface area (Å²) < 4.78 is 10.5. The minimum atomic E-state index is -0.122. The fourth-order valence-electron chi connectivity index (χ4n) is 2.20. The quantitative estimate of drug-likeness (QED) is 0.922. The van der Waals surface area contributed by atoms with Crippen LogP contribution in [0.4, 0.5) is 0 Å². The van der Waals surface area contributed by atoms with Crippen LogP contribution in [0, 0.1) is 13.8 Å². The predicted molar refractivity (Wildman–Crippen MR) is 86.6 cm³/mol. The molecule has 0 saturated carbocycles. The summed E-state index contributed by atoms with van der Waals surface area (Å²) in [6.45, 7) is 4.51. The number of hydrogen-bond donors (Lipinski definition) is 1. The van der Waals surface area contributed by atoms with Gasteiger partial charge in [-0.1, -0.05) is 6.07 Å². The average molecular weight is 299 g/mol. The first-order chi connectivity index (χ1) is 10.5. The molecular weight excluding hydrogens is 278 g/mol. The highest BCUT2D eigenvalue weighted by Crippen LogP contribution is 2.23. The monoisotopic (exact) mass is 299 g/mol. The number of benzene rings is 2. The molecule has 0 aromatic heterocycles. The van der Waals surface area contributed by atoms with E-state index in [1.807, 2.05) is 26.0 Å². The molecule has 0 atom stereocenters. The Kier molecular flexibility index (Phi) is 5.04. The number of hydrogen-bond acceptors (Lipinski definition) is 3. The Balaban J connectivity index is 2.08. The largest absolute Gasteiger partial charge is 0.497 e. The van der Waals surface area contributed by atoms with Crippen LogP contribution in [-0.2, 0) is 6.54 Å². The molecule has 0 radical (unpaired) electrons. The minimum Gasteiger partial charge on any atom is -0.497 e. The van der Waals surface area contributed by atoms with Gasteiger partial charge in [0, 0.05) is 17.7 Å². The van der Waals surface area contributed by atoms with Crippen LogP contribution in [0.15, 0.2) is 36.4 Å². The van der Waals surface area contributed by atoms with Crippen molar-refractivity contribution in [2.24, 2.45) is 0 Å². The van der Waals surface area contributed by atoms with Gasteiger partial charge in [0.25, 0.3) is 5.91 Å². The van der Waals surface area contributed by atoms with Crippen LogP contribution < -0.4 is 14.8 Å². The molecular formula is C18H21NO3. The number of carbonyl (C=O) groups excluding carboxylic acids is 1. The number of ether oxygens (including phenoxy) is 2. The Hall–Kier alpha value is -2.49. The van der Waals surface area contributed by atoms with Crippen molar-refractivity contribution < 1.29 is 14.3 Å². The Bertz CT molecular complexity index is 663. The van der Waals surface area contributed by atoms with Crippen LogP contribution >= 0.6 is 0 Å². The minimum absolute atomic E-state index is 0.122. The summed E-state index contributed by atoms with van der Waals surface area (Å²) >= 11 is 0. The highest BCUT2D eigenvalue weighted by Gasteiger charge is 2.09. The zero-order valence-electron chi connectivity index (χ0n) is 13.4. The molecule has 0 fully saturated rings. The van der Waals surface area contributed by atoms with Gasteiger partial charge in [0.15, 0.2) is 0 Å². The number of nitrogens with one attached hydrogen (secondary N) is 1. The summed E-state index contributed by atoms with van der Waals surface area (Å²) in [5.41, 5.74) is 3.91. The van der Waals surface area contributed by atoms with E-state index in [9.17, 15) is 4.79 Å². The average Bonchev–Trinajstić information content (AvgIpc) is 2.55. The topological polar surface area (TPSA) is 47.6 Å². The van der Waals surface area contributed by atoms with E-state index in [4.69, 9.17) is 9.47 Å². The Labute approximate surface area is 131 Å². The molecule has 0 spiro atoms. The second kappa shape index (κ2) is 6.98. The van der Waals surface area contributed by atoms with Gasteiger partial charge in [-0.2, -0.15) is 0 Å². The second-order valence-corrected chi connectivity index (χ2v) is 5.16. The fraction of sp³-hybridized carbons (Fsp3) is 0.278. The first kappa shape index (κ1) is 15.9. The molecule has 22 heavy (non-hydrogen) atoms. The molecule has 4 nitrogen and oxygen atoms in total. The van der Waals surface area contributed by atoms with E-state index in [1.165, 1.54) is 11.1 Å². The van der Waals surface area contributed by atoms with Crippen molar-refractivity contribution in [2.45, 2.75) is 20.4 Å². The molecule has 2 aromatic carbocycles. The lowest BCUT2D eigenvalue weighted by molar-refractivity contribution is 0.0950. The third kappa shape index (κ3) is 3.58. The van der Waals surface area contributed by atoms with Crippen LogP contribution in [0.2, 0.25) is 0 Å². The van der Waals surface area contributed by atoms with Crippen molar-refractivity contribution in [1.82, 2.24) is 5.32 Å². The maximum Gasteiger partial charge on any atom is 0.251 e. The van der Waals surface area contributed by atoms with E-state index < -0.39 is 0 Å². The molecule has 0 saturated heterocycles. The van der Waals surface area contributed by atoms with Crippen molar-refractivity contribution in [1.29, 1.82) is 0 Å². The van der Waals surface area contributed by atoms with Crippen molar-refractivity contribution in [3.8, 4) is 11.5 Å². The fourth-order valence-corrected chi connectivity index (χ4v) is 2.20. The van der Waals surface area contributed by atoms with Crippen LogP contribution in [-0.4, -0.2) is 20.1 Å². The zero-order valence-corrected chi connectivity index (χ0v) is 13.4. The molecule has 0 bridgehead atoms. The summed E-state index contributed by atoms with van der Waals surface area (Å²) in [7, 11) is 3.24. The van der Waals surface area contributed by atoms with Crippen LogP contribution in [0.5, 0.6) is 11.5 Å². The highest BCUT2D eigenvalue weighted by atomic mass is 16.5. The molecule has 1 N–H and O–H groups in total. The normalized spacial score (nSPS) is 10.2.